The average Bonchev–Trinajstić information content (AvgIpc) is 2.31. The summed E-state index contributed by atoms with van der Waals surface area (Å²) in [7, 11) is 0. The largest absolute Gasteiger partial charge is 0.326 e. The molecule has 18 heavy (non-hydrogen) atoms. The number of hydrogen-bond donors (Lipinski definition) is 1. The van der Waals surface area contributed by atoms with Crippen molar-refractivity contribution >= 4 is 24.8 Å². The van der Waals surface area contributed by atoms with Crippen molar-refractivity contribution in [2.24, 2.45) is 5.73 Å². The number of hydrogen-bond acceptors (Lipinski definition) is 2. The first kappa shape index (κ1) is 17.7. The second-order valence-corrected chi connectivity index (χ2v) is 4.81. The Labute approximate surface area is 123 Å². The van der Waals surface area contributed by atoms with Crippen LogP contribution >= 0.6 is 24.8 Å². The highest BCUT2D eigenvalue weighted by Gasteiger charge is 2.13. The van der Waals surface area contributed by atoms with E-state index in [1.54, 1.807) is 0 Å². The highest BCUT2D eigenvalue weighted by Crippen LogP contribution is 2.10. The predicted molar refractivity (Wildman–Crippen MR) is 82.9 cm³/mol. The average molecular weight is 291 g/mol. The molecule has 2 nitrogen and oxygen atoms in total. The molecule has 2 N–H and O–H groups in total. The van der Waals surface area contributed by atoms with Crippen LogP contribution in [0.25, 0.3) is 0 Å². The zero-order valence-corrected chi connectivity index (χ0v) is 12.4. The highest BCUT2D eigenvalue weighted by atomic mass is 35.5. The van der Waals surface area contributed by atoms with Gasteiger partial charge in [-0.2, -0.15) is 0 Å². The normalized spacial score (nSPS) is 17.4. The van der Waals surface area contributed by atoms with E-state index in [9.17, 15) is 0 Å². The summed E-state index contributed by atoms with van der Waals surface area (Å²) in [6.07, 6.45) is 5.08. The van der Waals surface area contributed by atoms with Crippen molar-refractivity contribution in [3.63, 3.8) is 0 Å². The quantitative estimate of drug-likeness (QED) is 0.924. The molecular formula is C14H24Cl2N2. The molecule has 1 fully saturated rings. The van der Waals surface area contributed by atoms with Gasteiger partial charge in [0.15, 0.2) is 0 Å². The summed E-state index contributed by atoms with van der Waals surface area (Å²) < 4.78 is 0. The van der Waals surface area contributed by atoms with E-state index in [4.69, 9.17) is 5.73 Å². The minimum absolute atomic E-state index is 0. The van der Waals surface area contributed by atoms with Crippen molar-refractivity contribution < 1.29 is 0 Å². The van der Waals surface area contributed by atoms with Crippen LogP contribution in [0.15, 0.2) is 30.3 Å². The Hall–Kier alpha value is -0.280. The summed E-state index contributed by atoms with van der Waals surface area (Å²) in [6, 6.07) is 10.8. The number of benzene rings is 1. The van der Waals surface area contributed by atoms with Crippen LogP contribution in [0.1, 0.15) is 24.8 Å². The molecule has 0 spiro atoms. The molecule has 2 rings (SSSR count). The fourth-order valence-electron chi connectivity index (χ4n) is 2.46. The third kappa shape index (κ3) is 6.05. The minimum Gasteiger partial charge on any atom is -0.326 e. The molecule has 1 heterocycles. The van der Waals surface area contributed by atoms with Gasteiger partial charge in [-0.05, 0) is 37.9 Å². The lowest BCUT2D eigenvalue weighted by molar-refractivity contribution is 0.215. The number of rotatable bonds is 4. The van der Waals surface area contributed by atoms with Crippen LogP contribution in [-0.4, -0.2) is 30.6 Å². The number of nitrogens with two attached hydrogens (primary N) is 1. The molecule has 0 bridgehead atoms. The Morgan fingerprint density at radius 2 is 1.61 bits per heavy atom. The monoisotopic (exact) mass is 290 g/mol. The maximum atomic E-state index is 6.19. The van der Waals surface area contributed by atoms with Crippen molar-refractivity contribution in [1.29, 1.82) is 0 Å². The van der Waals surface area contributed by atoms with Crippen LogP contribution in [0.2, 0.25) is 0 Å². The molecule has 0 radical (unpaired) electrons. The van der Waals surface area contributed by atoms with E-state index < -0.39 is 0 Å². The van der Waals surface area contributed by atoms with E-state index in [0.717, 1.165) is 13.0 Å². The van der Waals surface area contributed by atoms with Gasteiger partial charge in [0.25, 0.3) is 0 Å². The Morgan fingerprint density at radius 1 is 1.00 bits per heavy atom. The SMILES string of the molecule is Cl.Cl.N[C@@H](Cc1ccccc1)CN1CCCCC1. The van der Waals surface area contributed by atoms with E-state index in [1.165, 1.54) is 37.9 Å². The van der Waals surface area contributed by atoms with Gasteiger partial charge in [0.2, 0.25) is 0 Å². The van der Waals surface area contributed by atoms with Gasteiger partial charge in [-0.25, -0.2) is 0 Å². The lowest BCUT2D eigenvalue weighted by atomic mass is 10.0. The molecule has 1 aromatic rings. The summed E-state index contributed by atoms with van der Waals surface area (Å²) in [5, 5.41) is 0. The number of likely N-dealkylation sites (tertiary alicyclic amines) is 1. The molecule has 1 aliphatic rings. The van der Waals surface area contributed by atoms with E-state index in [0.29, 0.717) is 0 Å². The lowest BCUT2D eigenvalue weighted by Crippen LogP contribution is -2.41. The van der Waals surface area contributed by atoms with Crippen molar-refractivity contribution in [2.45, 2.75) is 31.7 Å². The van der Waals surface area contributed by atoms with Crippen LogP contribution in [0.3, 0.4) is 0 Å². The molecule has 1 aliphatic heterocycles. The van der Waals surface area contributed by atoms with Crippen molar-refractivity contribution in [1.82, 2.24) is 4.90 Å². The summed E-state index contributed by atoms with van der Waals surface area (Å²) in [5.74, 6) is 0. The van der Waals surface area contributed by atoms with Gasteiger partial charge in [0.1, 0.15) is 0 Å². The Balaban J connectivity index is 0.00000144. The molecule has 0 amide bonds. The van der Waals surface area contributed by atoms with Crippen LogP contribution < -0.4 is 5.73 Å². The molecule has 0 saturated carbocycles. The minimum atomic E-state index is 0. The third-order valence-corrected chi connectivity index (χ3v) is 3.28. The number of nitrogens with zero attached hydrogens (tertiary/aromatic N) is 1. The summed E-state index contributed by atoms with van der Waals surface area (Å²) in [5.41, 5.74) is 7.55. The van der Waals surface area contributed by atoms with Gasteiger partial charge in [-0.3, -0.25) is 0 Å². The Kier molecular flexibility index (Phi) is 9.47. The maximum absolute atomic E-state index is 6.19. The van der Waals surface area contributed by atoms with Crippen molar-refractivity contribution in [2.75, 3.05) is 19.6 Å². The standard InChI is InChI=1S/C14H22N2.2ClH/c15-14(11-13-7-3-1-4-8-13)12-16-9-5-2-6-10-16;;/h1,3-4,7-8,14H,2,5-6,9-12,15H2;2*1H/t14-;;/m0../s1. The van der Waals surface area contributed by atoms with Crippen molar-refractivity contribution in [3.8, 4) is 0 Å². The second kappa shape index (κ2) is 9.62. The summed E-state index contributed by atoms with van der Waals surface area (Å²) >= 11 is 0. The second-order valence-electron chi connectivity index (χ2n) is 4.81. The smallest absolute Gasteiger partial charge is 0.0208 e. The topological polar surface area (TPSA) is 29.3 Å². The van der Waals surface area contributed by atoms with Gasteiger partial charge < -0.3 is 10.6 Å². The fourth-order valence-corrected chi connectivity index (χ4v) is 2.46. The van der Waals surface area contributed by atoms with E-state index in [-0.39, 0.29) is 30.9 Å². The predicted octanol–water partition coefficient (Wildman–Crippen LogP) is 2.89. The number of piperidine rings is 1. The molecule has 1 saturated heterocycles. The van der Waals surface area contributed by atoms with Crippen molar-refractivity contribution in [3.05, 3.63) is 35.9 Å². The highest BCUT2D eigenvalue weighted by molar-refractivity contribution is 5.85. The van der Waals surface area contributed by atoms with Crippen LogP contribution in [-0.2, 0) is 6.42 Å². The van der Waals surface area contributed by atoms with Gasteiger partial charge in [0.05, 0.1) is 0 Å². The Bertz CT molecular complexity index is 300. The molecule has 0 unspecified atom stereocenters. The summed E-state index contributed by atoms with van der Waals surface area (Å²) in [6.45, 7) is 3.53. The molecule has 1 aromatic carbocycles. The summed E-state index contributed by atoms with van der Waals surface area (Å²) in [4.78, 5) is 2.51. The lowest BCUT2D eigenvalue weighted by Gasteiger charge is -2.29. The van der Waals surface area contributed by atoms with E-state index >= 15 is 0 Å². The van der Waals surface area contributed by atoms with E-state index in [1.807, 2.05) is 0 Å². The molecule has 1 atom stereocenters. The zero-order valence-electron chi connectivity index (χ0n) is 10.8. The van der Waals surface area contributed by atoms with Gasteiger partial charge >= 0.3 is 0 Å². The Morgan fingerprint density at radius 3 is 2.22 bits per heavy atom. The van der Waals surface area contributed by atoms with Crippen LogP contribution in [0, 0.1) is 0 Å². The van der Waals surface area contributed by atoms with Gasteiger partial charge in [0, 0.05) is 12.6 Å². The van der Waals surface area contributed by atoms with Crippen LogP contribution in [0.4, 0.5) is 0 Å². The maximum Gasteiger partial charge on any atom is 0.0208 e. The van der Waals surface area contributed by atoms with Gasteiger partial charge in [-0.1, -0.05) is 36.8 Å². The van der Waals surface area contributed by atoms with E-state index in [2.05, 4.69) is 35.2 Å². The first-order chi connectivity index (χ1) is 7.84. The van der Waals surface area contributed by atoms with Crippen LogP contribution in [0.5, 0.6) is 0 Å². The number of halogens is 2. The fraction of sp³-hybridized carbons (Fsp3) is 0.571. The first-order valence-electron chi connectivity index (χ1n) is 6.36. The molecule has 4 heteroatoms. The molecular weight excluding hydrogens is 267 g/mol. The first-order valence-corrected chi connectivity index (χ1v) is 6.36. The molecule has 0 aromatic heterocycles. The van der Waals surface area contributed by atoms with Gasteiger partial charge in [-0.15, -0.1) is 24.8 Å². The third-order valence-electron chi connectivity index (χ3n) is 3.28. The molecule has 0 aliphatic carbocycles. The molecule has 104 valence electrons. The zero-order chi connectivity index (χ0) is 11.2.